The first-order valence-corrected chi connectivity index (χ1v) is 13.0. The van der Waals surface area contributed by atoms with Crippen LogP contribution in [0.4, 0.5) is 0 Å². The second-order valence-electron chi connectivity index (χ2n) is 6.05. The van der Waals surface area contributed by atoms with Gasteiger partial charge in [-0.25, -0.2) is 0 Å². The Labute approximate surface area is 210 Å². The van der Waals surface area contributed by atoms with Crippen molar-refractivity contribution < 1.29 is 9.53 Å². The summed E-state index contributed by atoms with van der Waals surface area (Å²) in [5.74, 6) is 0.720. The van der Waals surface area contributed by atoms with E-state index in [4.69, 9.17) is 27.9 Å². The Morgan fingerprint density at radius 1 is 0.906 bits per heavy atom. The van der Waals surface area contributed by atoms with Crippen LogP contribution in [-0.2, 0) is 11.4 Å². The number of halogens is 2. The molecule has 0 aliphatic heterocycles. The van der Waals surface area contributed by atoms with E-state index in [0.717, 1.165) is 16.2 Å². The fraction of sp³-hybridized carbons (Fsp3) is 0.240. The van der Waals surface area contributed by atoms with Gasteiger partial charge in [0.2, 0.25) is 5.91 Å². The lowest BCUT2D eigenvalue weighted by molar-refractivity contribution is -0.118. The summed E-state index contributed by atoms with van der Waals surface area (Å²) in [6.07, 6.45) is 1.83. The number of ether oxygens (including phenoxy) is 1. The van der Waals surface area contributed by atoms with Gasteiger partial charge in [-0.1, -0.05) is 91.5 Å². The van der Waals surface area contributed by atoms with Gasteiger partial charge < -0.3 is 4.74 Å². The highest BCUT2D eigenvalue weighted by Crippen LogP contribution is 2.28. The van der Waals surface area contributed by atoms with Crippen LogP contribution < -0.4 is 9.46 Å². The van der Waals surface area contributed by atoms with E-state index in [1.165, 1.54) is 23.7 Å². The van der Waals surface area contributed by atoms with E-state index in [1.807, 2.05) is 87.7 Å². The maximum absolute atomic E-state index is 11.7. The van der Waals surface area contributed by atoms with Crippen LogP contribution in [0.25, 0.3) is 0 Å². The van der Waals surface area contributed by atoms with E-state index in [0.29, 0.717) is 16.7 Å². The molecule has 1 N–H and O–H groups in total. The number of carbonyl (C=O) groups excluding carboxylic acids is 1. The first kappa shape index (κ1) is 28.2. The van der Waals surface area contributed by atoms with Gasteiger partial charge in [-0.2, -0.15) is 0 Å². The molecule has 1 amide bonds. The van der Waals surface area contributed by atoms with Crippen molar-refractivity contribution in [3.05, 3.63) is 94.5 Å². The minimum Gasteiger partial charge on any atom is -0.489 e. The number of carbonyl (C=O) groups is 1. The zero-order chi connectivity index (χ0) is 23.8. The molecule has 0 aliphatic rings. The Morgan fingerprint density at radius 3 is 1.88 bits per heavy atom. The van der Waals surface area contributed by atoms with Gasteiger partial charge >= 0.3 is 0 Å². The largest absolute Gasteiger partial charge is 0.489 e. The molecule has 1 atom stereocenters. The highest BCUT2D eigenvalue weighted by Gasteiger charge is 2.13. The van der Waals surface area contributed by atoms with E-state index in [1.54, 1.807) is 18.2 Å². The molecule has 0 aliphatic carbocycles. The molecule has 172 valence electrons. The van der Waals surface area contributed by atoms with Gasteiger partial charge in [0, 0.05) is 26.8 Å². The van der Waals surface area contributed by atoms with Crippen molar-refractivity contribution >= 4 is 52.8 Å². The quantitative estimate of drug-likeness (QED) is 0.257. The maximum Gasteiger partial charge on any atom is 0.243 e. The van der Waals surface area contributed by atoms with Gasteiger partial charge in [0.05, 0.1) is 5.25 Å². The van der Waals surface area contributed by atoms with Crippen LogP contribution in [-0.4, -0.2) is 17.4 Å². The Bertz CT molecular complexity index is 863. The predicted molar refractivity (Wildman–Crippen MR) is 142 cm³/mol. The molecule has 0 fully saturated rings. The highest BCUT2D eigenvalue weighted by molar-refractivity contribution is 8.01. The minimum absolute atomic E-state index is 0.00110. The SMILES string of the molecule is CC.CSNC(=O)C(C)Sc1ccc(OCc2c(Cl)cccc2Cl)cc1.c1ccccc1. The van der Waals surface area contributed by atoms with Crippen LogP contribution in [0.1, 0.15) is 26.3 Å². The highest BCUT2D eigenvalue weighted by atomic mass is 35.5. The first-order valence-electron chi connectivity index (χ1n) is 10.2. The molecule has 7 heteroatoms. The zero-order valence-electron chi connectivity index (χ0n) is 18.7. The number of rotatable bonds is 7. The molecule has 3 rings (SSSR count). The molecular formula is C25H29Cl2NO2S2. The summed E-state index contributed by atoms with van der Waals surface area (Å²) < 4.78 is 8.47. The fourth-order valence-corrected chi connectivity index (χ4v) is 4.09. The number of amides is 1. The lowest BCUT2D eigenvalue weighted by Crippen LogP contribution is -2.25. The van der Waals surface area contributed by atoms with Gasteiger partial charge in [-0.15, -0.1) is 11.8 Å². The molecule has 3 nitrogen and oxygen atoms in total. The summed E-state index contributed by atoms with van der Waals surface area (Å²) in [5.41, 5.74) is 0.765. The number of thioether (sulfide) groups is 1. The summed E-state index contributed by atoms with van der Waals surface area (Å²) >= 11 is 15.1. The summed E-state index contributed by atoms with van der Waals surface area (Å²) in [5, 5.41) is 1.01. The molecule has 0 heterocycles. The normalized spacial score (nSPS) is 10.6. The number of benzene rings is 3. The van der Waals surface area contributed by atoms with E-state index < -0.39 is 0 Å². The summed E-state index contributed by atoms with van der Waals surface area (Å²) in [4.78, 5) is 12.7. The maximum atomic E-state index is 11.7. The van der Waals surface area contributed by atoms with Gasteiger partial charge in [0.25, 0.3) is 0 Å². The molecule has 0 radical (unpaired) electrons. The molecule has 1 unspecified atom stereocenters. The monoisotopic (exact) mass is 509 g/mol. The van der Waals surface area contributed by atoms with Crippen molar-refractivity contribution in [2.75, 3.05) is 6.26 Å². The second kappa shape index (κ2) is 16.8. The standard InChI is InChI=1S/C17H17Cl2NO2S2.C6H6.C2H6/c1-11(17(21)20-23-2)24-13-8-6-12(7-9-13)22-10-14-15(18)4-3-5-16(14)19;1-2-4-6-5-3-1;1-2/h3-9,11H,10H2,1-2H3,(H,20,21);1-6H;1-2H3. The number of hydrogen-bond acceptors (Lipinski definition) is 4. The second-order valence-corrected chi connectivity index (χ2v) is 8.89. The minimum atomic E-state index is -0.161. The Morgan fingerprint density at radius 2 is 1.41 bits per heavy atom. The van der Waals surface area contributed by atoms with Crippen LogP contribution in [0, 0.1) is 0 Å². The Balaban J connectivity index is 0.000000542. The van der Waals surface area contributed by atoms with Crippen LogP contribution >= 0.6 is 46.9 Å². The van der Waals surface area contributed by atoms with Gasteiger partial charge in [0.15, 0.2) is 0 Å². The molecule has 0 aromatic heterocycles. The summed E-state index contributed by atoms with van der Waals surface area (Å²) in [6.45, 7) is 6.18. The van der Waals surface area contributed by atoms with Crippen molar-refractivity contribution in [1.82, 2.24) is 4.72 Å². The number of nitrogens with one attached hydrogen (secondary N) is 1. The van der Waals surface area contributed by atoms with Crippen molar-refractivity contribution in [3.8, 4) is 5.75 Å². The lowest BCUT2D eigenvalue weighted by atomic mass is 10.2. The zero-order valence-corrected chi connectivity index (χ0v) is 21.8. The van der Waals surface area contributed by atoms with Gasteiger partial charge in [-0.3, -0.25) is 9.52 Å². The smallest absolute Gasteiger partial charge is 0.243 e. The van der Waals surface area contributed by atoms with Crippen molar-refractivity contribution in [1.29, 1.82) is 0 Å². The third-order valence-corrected chi connectivity index (χ3v) is 6.05. The van der Waals surface area contributed by atoms with E-state index in [-0.39, 0.29) is 11.2 Å². The first-order chi connectivity index (χ1) is 15.5. The third kappa shape index (κ3) is 10.7. The molecule has 3 aromatic carbocycles. The number of hydrogen-bond donors (Lipinski definition) is 1. The molecule has 32 heavy (non-hydrogen) atoms. The van der Waals surface area contributed by atoms with E-state index in [2.05, 4.69) is 4.72 Å². The summed E-state index contributed by atoms with van der Waals surface area (Å²) in [7, 11) is 0. The van der Waals surface area contributed by atoms with E-state index >= 15 is 0 Å². The average molecular weight is 511 g/mol. The average Bonchev–Trinajstić information content (AvgIpc) is 2.83. The van der Waals surface area contributed by atoms with Crippen molar-refractivity contribution in [2.24, 2.45) is 0 Å². The molecular weight excluding hydrogens is 481 g/mol. The van der Waals surface area contributed by atoms with Crippen molar-refractivity contribution in [3.63, 3.8) is 0 Å². The van der Waals surface area contributed by atoms with E-state index in [9.17, 15) is 4.79 Å². The molecule has 0 bridgehead atoms. The Hall–Kier alpha value is -1.79. The Kier molecular flexibility index (Phi) is 14.8. The van der Waals surface area contributed by atoms with Crippen LogP contribution in [0.2, 0.25) is 10.0 Å². The van der Waals surface area contributed by atoms with Crippen molar-refractivity contribution in [2.45, 2.75) is 37.5 Å². The molecule has 0 spiro atoms. The third-order valence-electron chi connectivity index (χ3n) is 3.82. The predicted octanol–water partition coefficient (Wildman–Crippen LogP) is 8.16. The summed E-state index contributed by atoms with van der Waals surface area (Å²) in [6, 6.07) is 25.0. The molecule has 0 saturated heterocycles. The topological polar surface area (TPSA) is 38.3 Å². The van der Waals surface area contributed by atoms with Crippen LogP contribution in [0.15, 0.2) is 83.8 Å². The van der Waals surface area contributed by atoms with Gasteiger partial charge in [-0.05, 0) is 43.3 Å². The molecule has 3 aromatic rings. The van der Waals surface area contributed by atoms with Gasteiger partial charge in [0.1, 0.15) is 12.4 Å². The van der Waals surface area contributed by atoms with Crippen LogP contribution in [0.5, 0.6) is 5.75 Å². The van der Waals surface area contributed by atoms with Crippen LogP contribution in [0.3, 0.4) is 0 Å². The molecule has 0 saturated carbocycles. The fourth-order valence-electron chi connectivity index (χ4n) is 2.27. The lowest BCUT2D eigenvalue weighted by Gasteiger charge is -2.12.